The third-order valence-corrected chi connectivity index (χ3v) is 10.3. The molecule has 0 spiro atoms. The summed E-state index contributed by atoms with van der Waals surface area (Å²) in [6, 6.07) is 60.5. The van der Waals surface area contributed by atoms with Crippen LogP contribution in [0, 0.1) is 0 Å². The largest absolute Gasteiger partial charge is 0.456 e. The molecule has 0 saturated carbocycles. The highest BCUT2D eigenvalue weighted by Gasteiger charge is 2.19. The Bertz CT molecular complexity index is 3220. The Balaban J connectivity index is 1.12. The van der Waals surface area contributed by atoms with Crippen molar-refractivity contribution in [3.8, 4) is 56.4 Å². The highest BCUT2D eigenvalue weighted by Crippen LogP contribution is 2.40. The lowest BCUT2D eigenvalue weighted by Crippen LogP contribution is -2.00. The number of furan rings is 2. The summed E-state index contributed by atoms with van der Waals surface area (Å²) in [5.74, 6) is 1.70. The van der Waals surface area contributed by atoms with Crippen molar-refractivity contribution in [3.05, 3.63) is 176 Å². The van der Waals surface area contributed by atoms with Gasteiger partial charge in [-0.1, -0.05) is 127 Å². The molecule has 0 radical (unpaired) electrons. The molecule has 11 rings (SSSR count). The van der Waals surface area contributed by atoms with E-state index in [0.29, 0.717) is 17.5 Å². The minimum absolute atomic E-state index is 0.554. The van der Waals surface area contributed by atoms with Crippen molar-refractivity contribution in [2.75, 3.05) is 0 Å². The number of rotatable bonds is 5. The van der Waals surface area contributed by atoms with E-state index in [4.69, 9.17) is 23.8 Å². The number of hydrogen-bond donors (Lipinski definition) is 0. The summed E-state index contributed by atoms with van der Waals surface area (Å²) in [4.78, 5) is 15.5. The Morgan fingerprint density at radius 2 is 0.796 bits per heavy atom. The van der Waals surface area contributed by atoms with Crippen molar-refractivity contribution in [2.45, 2.75) is 0 Å². The van der Waals surface area contributed by atoms with E-state index in [9.17, 15) is 0 Å². The third-order valence-electron chi connectivity index (χ3n) is 10.3. The van der Waals surface area contributed by atoms with Gasteiger partial charge in [-0.2, -0.15) is 0 Å². The molecule has 54 heavy (non-hydrogen) atoms. The van der Waals surface area contributed by atoms with Gasteiger partial charge in [0.05, 0.1) is 0 Å². The van der Waals surface area contributed by atoms with Gasteiger partial charge in [0.2, 0.25) is 0 Å². The Labute approximate surface area is 309 Å². The lowest BCUT2D eigenvalue weighted by molar-refractivity contribution is 0.668. The van der Waals surface area contributed by atoms with Crippen LogP contribution in [0.2, 0.25) is 0 Å². The summed E-state index contributed by atoms with van der Waals surface area (Å²) in [5, 5.41) is 6.52. The minimum atomic E-state index is 0.554. The van der Waals surface area contributed by atoms with E-state index in [1.807, 2.05) is 48.5 Å². The molecule has 0 saturated heterocycles. The quantitative estimate of drug-likeness (QED) is 0.180. The van der Waals surface area contributed by atoms with Crippen molar-refractivity contribution < 1.29 is 8.83 Å². The molecule has 11 aromatic rings. The summed E-state index contributed by atoms with van der Waals surface area (Å²) in [5.41, 5.74) is 10.3. The molecule has 5 heteroatoms. The Morgan fingerprint density at radius 1 is 0.296 bits per heavy atom. The second kappa shape index (κ2) is 12.1. The Hall–Kier alpha value is -7.37. The first-order valence-electron chi connectivity index (χ1n) is 18.0. The minimum Gasteiger partial charge on any atom is -0.456 e. The molecule has 0 aliphatic heterocycles. The fourth-order valence-electron chi connectivity index (χ4n) is 7.65. The van der Waals surface area contributed by atoms with E-state index in [1.165, 1.54) is 11.1 Å². The molecule has 0 bridgehead atoms. The van der Waals surface area contributed by atoms with Crippen LogP contribution < -0.4 is 0 Å². The van der Waals surface area contributed by atoms with Crippen LogP contribution in [-0.2, 0) is 0 Å². The molecule has 0 unspecified atom stereocenters. The van der Waals surface area contributed by atoms with Gasteiger partial charge >= 0.3 is 0 Å². The lowest BCUT2D eigenvalue weighted by Gasteiger charge is -2.11. The normalized spacial score (nSPS) is 11.7. The monoisotopic (exact) mass is 691 g/mol. The Kier molecular flexibility index (Phi) is 6.79. The molecule has 3 aromatic heterocycles. The molecule has 0 aliphatic carbocycles. The molecule has 0 fully saturated rings. The first-order chi connectivity index (χ1) is 26.7. The topological polar surface area (TPSA) is 65.0 Å². The highest BCUT2D eigenvalue weighted by atomic mass is 16.3. The highest BCUT2D eigenvalue weighted by molar-refractivity contribution is 6.13. The second-order valence-electron chi connectivity index (χ2n) is 13.6. The summed E-state index contributed by atoms with van der Waals surface area (Å²) < 4.78 is 12.8. The van der Waals surface area contributed by atoms with Crippen LogP contribution in [0.25, 0.3) is 111 Å². The van der Waals surface area contributed by atoms with Crippen molar-refractivity contribution in [2.24, 2.45) is 0 Å². The average Bonchev–Trinajstić information content (AvgIpc) is 3.81. The van der Waals surface area contributed by atoms with E-state index in [1.54, 1.807) is 0 Å². The number of nitrogens with zero attached hydrogens (tertiary/aromatic N) is 3. The van der Waals surface area contributed by atoms with Crippen molar-refractivity contribution in [1.82, 2.24) is 15.0 Å². The third kappa shape index (κ3) is 5.06. The molecule has 0 N–H and O–H groups in total. The molecule has 5 nitrogen and oxygen atoms in total. The summed E-state index contributed by atoms with van der Waals surface area (Å²) in [6.45, 7) is 0. The molecular formula is C49H29N3O2. The molecular weight excluding hydrogens is 663 g/mol. The maximum Gasteiger partial charge on any atom is 0.164 e. The van der Waals surface area contributed by atoms with Crippen LogP contribution in [0.4, 0.5) is 0 Å². The van der Waals surface area contributed by atoms with E-state index in [0.717, 1.165) is 82.5 Å². The van der Waals surface area contributed by atoms with Gasteiger partial charge in [-0.25, -0.2) is 15.0 Å². The lowest BCUT2D eigenvalue weighted by atomic mass is 9.96. The maximum absolute atomic E-state index is 6.49. The van der Waals surface area contributed by atoms with E-state index in [-0.39, 0.29) is 0 Å². The number of benzene rings is 8. The zero-order valence-electron chi connectivity index (χ0n) is 28.9. The van der Waals surface area contributed by atoms with E-state index >= 15 is 0 Å². The van der Waals surface area contributed by atoms with Crippen LogP contribution in [0.5, 0.6) is 0 Å². The van der Waals surface area contributed by atoms with E-state index in [2.05, 4.69) is 127 Å². The van der Waals surface area contributed by atoms with Crippen molar-refractivity contribution >= 4 is 54.6 Å². The van der Waals surface area contributed by atoms with Crippen LogP contribution in [0.1, 0.15) is 0 Å². The molecule has 0 amide bonds. The smallest absolute Gasteiger partial charge is 0.164 e. The van der Waals surface area contributed by atoms with Gasteiger partial charge in [0.1, 0.15) is 22.3 Å². The van der Waals surface area contributed by atoms with Crippen LogP contribution >= 0.6 is 0 Å². The van der Waals surface area contributed by atoms with Gasteiger partial charge in [0.15, 0.2) is 17.5 Å². The van der Waals surface area contributed by atoms with E-state index < -0.39 is 0 Å². The summed E-state index contributed by atoms with van der Waals surface area (Å²) in [6.07, 6.45) is 0. The number of para-hydroxylation sites is 2. The number of hydrogen-bond acceptors (Lipinski definition) is 5. The SMILES string of the molecule is c1ccc(-c2ccc3cc(-c4nc(-c5ccc6c(c5)oc5ccccc56)nc(-c5cc(-c6ccccc6)c6c(c5)oc5ccccc56)n4)ccc3c2)cc1. The van der Waals surface area contributed by atoms with Crippen molar-refractivity contribution in [3.63, 3.8) is 0 Å². The molecule has 3 heterocycles. The standard InChI is InChI=1S/C49H29N3O2/c1-3-11-30(12-4-1)32-19-20-34-26-35(22-21-33(34)25-32)47-50-48(36-23-24-39-38-15-7-9-17-42(38)53-44(39)28-36)52-49(51-47)37-27-41(31-13-5-2-6-14-31)46-40-16-8-10-18-43(40)54-45(46)29-37/h1-29H. The van der Waals surface area contributed by atoms with Crippen LogP contribution in [-0.4, -0.2) is 15.0 Å². The Morgan fingerprint density at radius 3 is 1.54 bits per heavy atom. The average molecular weight is 692 g/mol. The van der Waals surface area contributed by atoms with Gasteiger partial charge in [-0.05, 0) is 81.6 Å². The van der Waals surface area contributed by atoms with Gasteiger partial charge in [0.25, 0.3) is 0 Å². The van der Waals surface area contributed by atoms with Gasteiger partial charge < -0.3 is 8.83 Å². The zero-order chi connectivity index (χ0) is 35.6. The first-order valence-corrected chi connectivity index (χ1v) is 18.0. The zero-order valence-corrected chi connectivity index (χ0v) is 28.9. The second-order valence-corrected chi connectivity index (χ2v) is 13.6. The van der Waals surface area contributed by atoms with Gasteiger partial charge in [0, 0.05) is 38.2 Å². The van der Waals surface area contributed by atoms with Crippen LogP contribution in [0.3, 0.4) is 0 Å². The predicted molar refractivity (Wildman–Crippen MR) is 219 cm³/mol. The molecule has 0 aliphatic rings. The van der Waals surface area contributed by atoms with Gasteiger partial charge in [-0.3, -0.25) is 0 Å². The molecule has 8 aromatic carbocycles. The predicted octanol–water partition coefficient (Wildman–Crippen LogP) is 13.2. The summed E-state index contributed by atoms with van der Waals surface area (Å²) >= 11 is 0. The van der Waals surface area contributed by atoms with Gasteiger partial charge in [-0.15, -0.1) is 0 Å². The summed E-state index contributed by atoms with van der Waals surface area (Å²) in [7, 11) is 0. The fraction of sp³-hybridized carbons (Fsp3) is 0. The fourth-order valence-corrected chi connectivity index (χ4v) is 7.65. The number of aromatic nitrogens is 3. The first kappa shape index (κ1) is 30.3. The molecule has 252 valence electrons. The molecule has 0 atom stereocenters. The number of fused-ring (bicyclic) bond motifs is 7. The van der Waals surface area contributed by atoms with Crippen LogP contribution in [0.15, 0.2) is 185 Å². The van der Waals surface area contributed by atoms with Crippen molar-refractivity contribution in [1.29, 1.82) is 0 Å². The maximum atomic E-state index is 6.49.